The van der Waals surface area contributed by atoms with Gasteiger partial charge in [-0.3, -0.25) is 14.5 Å². The number of rotatable bonds is 5. The molecule has 0 radical (unpaired) electrons. The lowest BCUT2D eigenvalue weighted by atomic mass is 9.67. The molecule has 6 atom stereocenters. The zero-order valence-corrected chi connectivity index (χ0v) is 26.7. The van der Waals surface area contributed by atoms with E-state index in [0.29, 0.717) is 16.5 Å². The van der Waals surface area contributed by atoms with E-state index in [1.807, 2.05) is 102 Å². The van der Waals surface area contributed by atoms with E-state index in [1.54, 1.807) is 0 Å². The fourth-order valence-corrected chi connectivity index (χ4v) is 9.69. The van der Waals surface area contributed by atoms with Crippen LogP contribution in [0, 0.1) is 11.8 Å². The molecule has 47 heavy (non-hydrogen) atoms. The van der Waals surface area contributed by atoms with Gasteiger partial charge in [0.2, 0.25) is 5.91 Å². The van der Waals surface area contributed by atoms with Gasteiger partial charge in [-0.15, -0.1) is 0 Å². The van der Waals surface area contributed by atoms with Gasteiger partial charge in [0.1, 0.15) is 5.54 Å². The summed E-state index contributed by atoms with van der Waals surface area (Å²) in [6, 6.07) is 35.7. The molecule has 1 aromatic heterocycles. The van der Waals surface area contributed by atoms with Gasteiger partial charge in [0, 0.05) is 57.2 Å². The van der Waals surface area contributed by atoms with E-state index in [9.17, 15) is 4.79 Å². The van der Waals surface area contributed by atoms with Crippen molar-refractivity contribution >= 4 is 29.0 Å². The van der Waals surface area contributed by atoms with Crippen molar-refractivity contribution in [2.45, 2.75) is 55.6 Å². The average molecular weight is 639 g/mol. The highest BCUT2D eigenvalue weighted by Gasteiger charge is 2.72. The van der Waals surface area contributed by atoms with E-state index in [-0.39, 0.29) is 29.7 Å². The first-order valence-electron chi connectivity index (χ1n) is 16.8. The minimum absolute atomic E-state index is 0.0215. The molecule has 6 nitrogen and oxygen atoms in total. The number of fused-ring (bicyclic) bond motifs is 6. The third-order valence-corrected chi connectivity index (χ3v) is 11.5. The van der Waals surface area contributed by atoms with Crippen molar-refractivity contribution in [3.05, 3.63) is 137 Å². The van der Waals surface area contributed by atoms with Crippen molar-refractivity contribution < 1.29 is 9.59 Å². The van der Waals surface area contributed by atoms with Crippen LogP contribution < -0.4 is 5.32 Å². The van der Waals surface area contributed by atoms with E-state index in [2.05, 4.69) is 28.5 Å². The molecule has 0 bridgehead atoms. The Morgan fingerprint density at radius 1 is 0.851 bits per heavy atom. The average Bonchev–Trinajstić information content (AvgIpc) is 3.86. The highest BCUT2D eigenvalue weighted by atomic mass is 35.5. The van der Waals surface area contributed by atoms with E-state index >= 15 is 4.79 Å². The summed E-state index contributed by atoms with van der Waals surface area (Å²) >= 11 is 6.73. The zero-order chi connectivity index (χ0) is 31.7. The molecule has 5 aromatic rings. The highest BCUT2D eigenvalue weighted by Crippen LogP contribution is 2.65. The molecule has 1 N–H and O–H groups in total. The van der Waals surface area contributed by atoms with Crippen LogP contribution in [0.25, 0.3) is 16.9 Å². The lowest BCUT2D eigenvalue weighted by molar-refractivity contribution is -0.129. The predicted molar refractivity (Wildman–Crippen MR) is 184 cm³/mol. The van der Waals surface area contributed by atoms with Crippen LogP contribution in [-0.2, 0) is 10.3 Å². The summed E-state index contributed by atoms with van der Waals surface area (Å²) in [4.78, 5) is 32.7. The van der Waals surface area contributed by atoms with Gasteiger partial charge in [-0.1, -0.05) is 103 Å². The van der Waals surface area contributed by atoms with Crippen molar-refractivity contribution in [1.82, 2.24) is 14.7 Å². The molecule has 3 fully saturated rings. The molecule has 4 aliphatic rings. The van der Waals surface area contributed by atoms with Gasteiger partial charge in [0.15, 0.2) is 5.78 Å². The Morgan fingerprint density at radius 3 is 2.32 bits per heavy atom. The maximum atomic E-state index is 15.3. The second-order valence-electron chi connectivity index (χ2n) is 13.5. The SMILES string of the molecule is O=C(c1ccccc1)[C@H]1[C@H](c2cn(-c3ccccc3)nc2-c2ccccc2)[C@@H]2CC3CCCCC3N2[C@]12C(=O)Nc1ccc(Cl)cc12. The van der Waals surface area contributed by atoms with Crippen LogP contribution in [0.1, 0.15) is 59.5 Å². The largest absolute Gasteiger partial charge is 0.324 e. The number of Topliss-reactive ketones (excluding diaryl/α,β-unsaturated/α-hetero) is 1. The molecule has 1 saturated carbocycles. The first kappa shape index (κ1) is 28.7. The Labute approximate surface area is 279 Å². The maximum Gasteiger partial charge on any atom is 0.250 e. The summed E-state index contributed by atoms with van der Waals surface area (Å²) in [5.74, 6) is -0.683. The van der Waals surface area contributed by atoms with Gasteiger partial charge in [-0.2, -0.15) is 5.10 Å². The smallest absolute Gasteiger partial charge is 0.250 e. The maximum absolute atomic E-state index is 15.3. The van der Waals surface area contributed by atoms with E-state index in [1.165, 1.54) is 6.42 Å². The Morgan fingerprint density at radius 2 is 1.55 bits per heavy atom. The molecule has 1 spiro atoms. The molecule has 9 rings (SSSR count). The topological polar surface area (TPSA) is 67.2 Å². The molecule has 4 heterocycles. The fourth-order valence-electron chi connectivity index (χ4n) is 9.52. The molecule has 7 heteroatoms. The Hall–Kier alpha value is -4.52. The Kier molecular flexibility index (Phi) is 6.73. The molecule has 3 aliphatic heterocycles. The predicted octanol–water partition coefficient (Wildman–Crippen LogP) is 8.27. The lowest BCUT2D eigenvalue weighted by Gasteiger charge is -2.43. The summed E-state index contributed by atoms with van der Waals surface area (Å²) < 4.78 is 1.94. The summed E-state index contributed by atoms with van der Waals surface area (Å²) in [5.41, 5.74) is 4.76. The summed E-state index contributed by atoms with van der Waals surface area (Å²) in [5, 5.41) is 9.03. The molecular formula is C40H35ClN4O2. The van der Waals surface area contributed by atoms with E-state index < -0.39 is 11.5 Å². The molecule has 1 aliphatic carbocycles. The van der Waals surface area contributed by atoms with Crippen LogP contribution in [0.2, 0.25) is 5.02 Å². The molecule has 2 saturated heterocycles. The minimum atomic E-state index is -1.21. The summed E-state index contributed by atoms with van der Waals surface area (Å²) in [7, 11) is 0. The number of ketones is 1. The van der Waals surface area contributed by atoms with Gasteiger partial charge in [0.25, 0.3) is 0 Å². The Bertz CT molecular complexity index is 2000. The number of anilines is 1. The van der Waals surface area contributed by atoms with E-state index in [0.717, 1.165) is 59.4 Å². The number of aromatic nitrogens is 2. The molecule has 1 amide bonds. The summed E-state index contributed by atoms with van der Waals surface area (Å²) in [6.45, 7) is 0. The molecule has 2 unspecified atom stereocenters. The third kappa shape index (κ3) is 4.24. The number of amides is 1. The van der Waals surface area contributed by atoms with Crippen molar-refractivity contribution in [1.29, 1.82) is 0 Å². The standard InChI is InChI=1S/C40H35ClN4O2/c41-28-20-21-32-31(23-28)40(39(47)42-32)36(38(46)26-14-6-2-7-15-26)35(34-22-27-16-10-11-19-33(27)45(34)40)30-24-44(29-17-8-3-9-18-29)43-37(30)25-12-4-1-5-13-25/h1-9,12-15,17-18,20-21,23-24,27,33-36H,10-11,16,19,22H2,(H,42,47)/t27?,33?,34-,35+,36+,40-/m0/s1. The van der Waals surface area contributed by atoms with Crippen molar-refractivity contribution in [2.75, 3.05) is 5.32 Å². The van der Waals surface area contributed by atoms with Crippen LogP contribution >= 0.6 is 11.6 Å². The van der Waals surface area contributed by atoms with Gasteiger partial charge in [0.05, 0.1) is 17.3 Å². The van der Waals surface area contributed by atoms with Gasteiger partial charge < -0.3 is 5.32 Å². The fraction of sp³-hybridized carbons (Fsp3) is 0.275. The number of carbonyl (C=O) groups excluding carboxylic acids is 2. The van der Waals surface area contributed by atoms with Crippen molar-refractivity contribution in [3.8, 4) is 16.9 Å². The quantitative estimate of drug-likeness (QED) is 0.197. The summed E-state index contributed by atoms with van der Waals surface area (Å²) in [6.07, 6.45) is 7.52. The monoisotopic (exact) mass is 638 g/mol. The number of nitrogens with zero attached hydrogens (tertiary/aromatic N) is 3. The van der Waals surface area contributed by atoms with Crippen molar-refractivity contribution in [3.63, 3.8) is 0 Å². The molecular weight excluding hydrogens is 604 g/mol. The van der Waals surface area contributed by atoms with Crippen LogP contribution in [0.3, 0.4) is 0 Å². The first-order chi connectivity index (χ1) is 23.1. The lowest BCUT2D eigenvalue weighted by Crippen LogP contribution is -2.56. The minimum Gasteiger partial charge on any atom is -0.324 e. The number of halogens is 1. The van der Waals surface area contributed by atoms with E-state index in [4.69, 9.17) is 16.7 Å². The highest BCUT2D eigenvalue weighted by molar-refractivity contribution is 6.31. The number of hydrogen-bond acceptors (Lipinski definition) is 4. The molecule has 234 valence electrons. The number of benzene rings is 4. The Balaban J connectivity index is 1.35. The van der Waals surface area contributed by atoms with Gasteiger partial charge >= 0.3 is 0 Å². The zero-order valence-electron chi connectivity index (χ0n) is 25.9. The number of nitrogens with one attached hydrogen (secondary N) is 1. The van der Waals surface area contributed by atoms with Crippen LogP contribution in [0.4, 0.5) is 5.69 Å². The number of hydrogen-bond donors (Lipinski definition) is 1. The normalized spacial score (nSPS) is 27.8. The second kappa shape index (κ2) is 11.0. The number of para-hydroxylation sites is 1. The third-order valence-electron chi connectivity index (χ3n) is 11.3. The van der Waals surface area contributed by atoms with Gasteiger partial charge in [-0.05, 0) is 55.5 Å². The number of carbonyl (C=O) groups is 2. The second-order valence-corrected chi connectivity index (χ2v) is 14.0. The van der Waals surface area contributed by atoms with Crippen LogP contribution in [0.5, 0.6) is 0 Å². The molecule has 4 aromatic carbocycles. The van der Waals surface area contributed by atoms with Gasteiger partial charge in [-0.25, -0.2) is 4.68 Å². The van der Waals surface area contributed by atoms with Crippen LogP contribution in [-0.4, -0.2) is 38.5 Å². The first-order valence-corrected chi connectivity index (χ1v) is 17.1. The van der Waals surface area contributed by atoms with Crippen LogP contribution in [0.15, 0.2) is 115 Å². The van der Waals surface area contributed by atoms with Crippen molar-refractivity contribution in [2.24, 2.45) is 11.8 Å².